The van der Waals surface area contributed by atoms with Gasteiger partial charge in [-0.15, -0.1) is 0 Å². The Morgan fingerprint density at radius 2 is 1.81 bits per heavy atom. The maximum atomic E-state index is 12.5. The molecular weight excluding hydrogens is 268 g/mol. The van der Waals surface area contributed by atoms with E-state index in [1.165, 1.54) is 32.1 Å². The van der Waals surface area contributed by atoms with Crippen molar-refractivity contribution in [3.05, 3.63) is 0 Å². The molecule has 5 nitrogen and oxygen atoms in total. The first-order valence-electron chi connectivity index (χ1n) is 8.37. The van der Waals surface area contributed by atoms with Gasteiger partial charge in [-0.05, 0) is 44.9 Å². The molecule has 0 radical (unpaired) electrons. The predicted molar refractivity (Wildman–Crippen MR) is 81.2 cm³/mol. The van der Waals surface area contributed by atoms with Gasteiger partial charge in [0.2, 0.25) is 0 Å². The summed E-state index contributed by atoms with van der Waals surface area (Å²) in [7, 11) is 0. The molecule has 0 aromatic rings. The van der Waals surface area contributed by atoms with Gasteiger partial charge in [0.15, 0.2) is 0 Å². The highest BCUT2D eigenvalue weighted by Gasteiger charge is 2.30. The number of carbonyl (C=O) groups is 2. The fraction of sp³-hybridized carbons (Fsp3) is 0.875. The van der Waals surface area contributed by atoms with E-state index in [-0.39, 0.29) is 24.5 Å². The van der Waals surface area contributed by atoms with Gasteiger partial charge in [0, 0.05) is 18.6 Å². The Bertz CT molecular complexity index is 367. The molecular formula is C16H28N2O3. The lowest BCUT2D eigenvalue weighted by molar-refractivity contribution is -0.138. The Morgan fingerprint density at radius 1 is 1.14 bits per heavy atom. The monoisotopic (exact) mass is 296 g/mol. The molecule has 2 aliphatic rings. The normalized spacial score (nSPS) is 25.4. The molecule has 5 heteroatoms. The van der Waals surface area contributed by atoms with Gasteiger partial charge >= 0.3 is 12.0 Å². The van der Waals surface area contributed by atoms with E-state index < -0.39 is 5.97 Å². The van der Waals surface area contributed by atoms with Gasteiger partial charge in [-0.25, -0.2) is 4.79 Å². The fourth-order valence-corrected chi connectivity index (χ4v) is 3.71. The second-order valence-electron chi connectivity index (χ2n) is 6.58. The van der Waals surface area contributed by atoms with Crippen LogP contribution in [0.15, 0.2) is 0 Å². The molecule has 0 aromatic carbocycles. The molecule has 1 aliphatic heterocycles. The molecule has 1 aliphatic carbocycles. The zero-order chi connectivity index (χ0) is 15.2. The van der Waals surface area contributed by atoms with Gasteiger partial charge in [0.25, 0.3) is 0 Å². The molecule has 120 valence electrons. The van der Waals surface area contributed by atoms with Crippen molar-refractivity contribution in [2.45, 2.75) is 76.8 Å². The van der Waals surface area contributed by atoms with Gasteiger partial charge in [-0.2, -0.15) is 0 Å². The number of nitrogens with zero attached hydrogens (tertiary/aromatic N) is 1. The number of carboxylic acid groups (broad SMARTS) is 1. The smallest absolute Gasteiger partial charge is 0.317 e. The second kappa shape index (κ2) is 7.66. The number of hydrogen-bond donors (Lipinski definition) is 2. The average Bonchev–Trinajstić information content (AvgIpc) is 2.48. The van der Waals surface area contributed by atoms with Crippen molar-refractivity contribution < 1.29 is 14.7 Å². The van der Waals surface area contributed by atoms with Crippen molar-refractivity contribution in [1.29, 1.82) is 0 Å². The number of amides is 2. The summed E-state index contributed by atoms with van der Waals surface area (Å²) >= 11 is 0. The van der Waals surface area contributed by atoms with Crippen LogP contribution in [0, 0.1) is 5.92 Å². The Morgan fingerprint density at radius 3 is 2.48 bits per heavy atom. The topological polar surface area (TPSA) is 69.6 Å². The van der Waals surface area contributed by atoms with E-state index in [1.54, 1.807) is 4.90 Å². The first-order chi connectivity index (χ1) is 10.1. The molecule has 1 saturated heterocycles. The van der Waals surface area contributed by atoms with E-state index in [2.05, 4.69) is 12.2 Å². The van der Waals surface area contributed by atoms with Gasteiger partial charge < -0.3 is 15.3 Å². The molecule has 2 rings (SSSR count). The summed E-state index contributed by atoms with van der Waals surface area (Å²) in [6, 6.07) is -0.0287. The Hall–Kier alpha value is -1.26. The summed E-state index contributed by atoms with van der Waals surface area (Å²) in [5.74, 6) is -0.245. The largest absolute Gasteiger partial charge is 0.481 e. The molecule has 1 saturated carbocycles. The van der Waals surface area contributed by atoms with Crippen LogP contribution in [-0.2, 0) is 4.79 Å². The minimum atomic E-state index is -0.819. The SMILES string of the molecule is CC(NC(=O)N1CCCCC1CC(=O)O)C1CCCCC1. The molecule has 2 unspecified atom stereocenters. The lowest BCUT2D eigenvalue weighted by Crippen LogP contribution is -2.52. The number of urea groups is 1. The maximum Gasteiger partial charge on any atom is 0.317 e. The van der Waals surface area contributed by atoms with Crippen molar-refractivity contribution in [3.8, 4) is 0 Å². The molecule has 0 bridgehead atoms. The highest BCUT2D eigenvalue weighted by Crippen LogP contribution is 2.27. The minimum Gasteiger partial charge on any atom is -0.481 e. The zero-order valence-corrected chi connectivity index (χ0v) is 13.0. The molecule has 0 aromatic heterocycles. The summed E-state index contributed by atoms with van der Waals surface area (Å²) in [6.07, 6.45) is 9.07. The second-order valence-corrected chi connectivity index (χ2v) is 6.58. The summed E-state index contributed by atoms with van der Waals surface area (Å²) < 4.78 is 0. The van der Waals surface area contributed by atoms with Crippen LogP contribution in [0.2, 0.25) is 0 Å². The Kier molecular flexibility index (Phi) is 5.88. The number of likely N-dealkylation sites (tertiary alicyclic amines) is 1. The lowest BCUT2D eigenvalue weighted by atomic mass is 9.84. The van der Waals surface area contributed by atoms with Crippen LogP contribution in [0.1, 0.15) is 64.7 Å². The summed E-state index contributed by atoms with van der Waals surface area (Å²) in [4.78, 5) is 25.2. The standard InChI is InChI=1S/C16H28N2O3/c1-12(13-7-3-2-4-8-13)17-16(21)18-10-6-5-9-14(18)11-15(19)20/h12-14H,2-11H2,1H3,(H,17,21)(H,19,20). The fourth-order valence-electron chi connectivity index (χ4n) is 3.71. The molecule has 2 atom stereocenters. The molecule has 2 N–H and O–H groups in total. The molecule has 2 fully saturated rings. The van der Waals surface area contributed by atoms with Gasteiger partial charge in [0.1, 0.15) is 0 Å². The quantitative estimate of drug-likeness (QED) is 0.838. The number of aliphatic carboxylic acids is 1. The minimum absolute atomic E-state index is 0.0607. The van der Waals surface area contributed by atoms with Crippen LogP contribution in [0.25, 0.3) is 0 Å². The molecule has 1 heterocycles. The number of carboxylic acids is 1. The maximum absolute atomic E-state index is 12.5. The van der Waals surface area contributed by atoms with Crippen LogP contribution in [0.3, 0.4) is 0 Å². The lowest BCUT2D eigenvalue weighted by Gasteiger charge is -2.37. The van der Waals surface area contributed by atoms with E-state index in [0.29, 0.717) is 12.5 Å². The third kappa shape index (κ3) is 4.61. The van der Waals surface area contributed by atoms with E-state index in [1.807, 2.05) is 0 Å². The van der Waals surface area contributed by atoms with Crippen LogP contribution in [0.4, 0.5) is 4.79 Å². The van der Waals surface area contributed by atoms with E-state index in [0.717, 1.165) is 19.3 Å². The molecule has 21 heavy (non-hydrogen) atoms. The van der Waals surface area contributed by atoms with Gasteiger partial charge in [0.05, 0.1) is 6.42 Å². The number of rotatable bonds is 4. The molecule has 2 amide bonds. The Labute approximate surface area is 127 Å². The summed E-state index contributed by atoms with van der Waals surface area (Å²) in [5, 5.41) is 12.1. The van der Waals surface area contributed by atoms with Crippen molar-refractivity contribution in [3.63, 3.8) is 0 Å². The van der Waals surface area contributed by atoms with Crippen molar-refractivity contribution >= 4 is 12.0 Å². The third-order valence-corrected chi connectivity index (χ3v) is 5.01. The van der Waals surface area contributed by atoms with E-state index in [4.69, 9.17) is 5.11 Å². The zero-order valence-electron chi connectivity index (χ0n) is 13.0. The van der Waals surface area contributed by atoms with Gasteiger partial charge in [-0.3, -0.25) is 4.79 Å². The van der Waals surface area contributed by atoms with E-state index >= 15 is 0 Å². The first kappa shape index (κ1) is 16.1. The van der Waals surface area contributed by atoms with Crippen molar-refractivity contribution in [1.82, 2.24) is 10.2 Å². The van der Waals surface area contributed by atoms with Crippen LogP contribution in [0.5, 0.6) is 0 Å². The summed E-state index contributed by atoms with van der Waals surface area (Å²) in [6.45, 7) is 2.77. The molecule has 0 spiro atoms. The highest BCUT2D eigenvalue weighted by atomic mass is 16.4. The third-order valence-electron chi connectivity index (χ3n) is 5.01. The van der Waals surface area contributed by atoms with Crippen LogP contribution >= 0.6 is 0 Å². The van der Waals surface area contributed by atoms with Gasteiger partial charge in [-0.1, -0.05) is 19.3 Å². The van der Waals surface area contributed by atoms with Crippen LogP contribution < -0.4 is 5.32 Å². The number of hydrogen-bond acceptors (Lipinski definition) is 2. The predicted octanol–water partition coefficient (Wildman–Crippen LogP) is 2.99. The number of nitrogens with one attached hydrogen (secondary N) is 1. The number of carbonyl (C=O) groups excluding carboxylic acids is 1. The van der Waals surface area contributed by atoms with Crippen molar-refractivity contribution in [2.75, 3.05) is 6.54 Å². The van der Waals surface area contributed by atoms with E-state index in [9.17, 15) is 9.59 Å². The Balaban J connectivity index is 1.88. The first-order valence-corrected chi connectivity index (χ1v) is 8.37. The highest BCUT2D eigenvalue weighted by molar-refractivity contribution is 5.76. The number of piperidine rings is 1. The van der Waals surface area contributed by atoms with Crippen molar-refractivity contribution in [2.24, 2.45) is 5.92 Å². The van der Waals surface area contributed by atoms with Crippen LogP contribution in [-0.4, -0.2) is 40.6 Å². The summed E-state index contributed by atoms with van der Waals surface area (Å²) in [5.41, 5.74) is 0. The average molecular weight is 296 g/mol.